The largest absolute Gasteiger partial charge is 0.386 e. The minimum Gasteiger partial charge on any atom is -0.386 e. The number of carbonyl (C=O) groups is 1. The molecule has 0 bridgehead atoms. The molecule has 1 unspecified atom stereocenters. The van der Waals surface area contributed by atoms with E-state index in [-0.39, 0.29) is 24.8 Å². The Morgan fingerprint density at radius 1 is 1.42 bits per heavy atom. The van der Waals surface area contributed by atoms with Crippen LogP contribution in [-0.4, -0.2) is 54.6 Å². The van der Waals surface area contributed by atoms with Crippen LogP contribution >= 0.6 is 0 Å². The van der Waals surface area contributed by atoms with Crippen molar-refractivity contribution in [2.45, 2.75) is 18.6 Å². The average Bonchev–Trinajstić information content (AvgIpc) is 3.26. The van der Waals surface area contributed by atoms with Gasteiger partial charge in [0.15, 0.2) is 0 Å². The van der Waals surface area contributed by atoms with Crippen molar-refractivity contribution < 1.29 is 14.3 Å². The highest BCUT2D eigenvalue weighted by Crippen LogP contribution is 2.25. The number of carbonyl (C=O) groups excluding carboxylic acids is 1. The van der Waals surface area contributed by atoms with Crippen LogP contribution in [0, 0.1) is 5.82 Å². The van der Waals surface area contributed by atoms with Crippen molar-refractivity contribution in [2.75, 3.05) is 13.1 Å². The molecule has 0 spiro atoms. The summed E-state index contributed by atoms with van der Waals surface area (Å²) >= 11 is 0. The fourth-order valence-corrected chi connectivity index (χ4v) is 3.17. The number of likely N-dealkylation sites (tertiary alicyclic amines) is 1. The predicted octanol–water partition coefficient (Wildman–Crippen LogP) is 1.18. The van der Waals surface area contributed by atoms with Gasteiger partial charge in [-0.15, -0.1) is 5.10 Å². The van der Waals surface area contributed by atoms with E-state index >= 15 is 0 Å². The molecule has 1 aromatic carbocycles. The van der Waals surface area contributed by atoms with E-state index in [2.05, 4.69) is 15.3 Å². The first-order chi connectivity index (χ1) is 11.5. The number of halogens is 1. The summed E-state index contributed by atoms with van der Waals surface area (Å²) in [6, 6.07) is 5.97. The van der Waals surface area contributed by atoms with Gasteiger partial charge in [-0.05, 0) is 30.7 Å². The maximum absolute atomic E-state index is 13.3. The number of β-amino-alcohol motifs (C(OH)–C–C–N with tert-alkyl or cyclic N) is 1. The summed E-state index contributed by atoms with van der Waals surface area (Å²) in [5, 5.41) is 18.9. The van der Waals surface area contributed by atoms with Gasteiger partial charge in [0.1, 0.15) is 17.1 Å². The molecule has 8 heteroatoms. The highest BCUT2D eigenvalue weighted by Gasteiger charge is 2.39. The topological polar surface area (TPSA) is 87.0 Å². The zero-order valence-corrected chi connectivity index (χ0v) is 12.8. The van der Waals surface area contributed by atoms with E-state index in [1.165, 1.54) is 12.1 Å². The quantitative estimate of drug-likeness (QED) is 0.755. The third-order valence-corrected chi connectivity index (χ3v) is 4.36. The van der Waals surface area contributed by atoms with E-state index < -0.39 is 5.60 Å². The number of rotatable bonds is 3. The molecule has 2 aromatic heterocycles. The fraction of sp³-hybridized carbons (Fsp3) is 0.312. The van der Waals surface area contributed by atoms with E-state index in [4.69, 9.17) is 0 Å². The van der Waals surface area contributed by atoms with E-state index in [1.54, 1.807) is 34.1 Å². The molecule has 4 rings (SSSR count). The number of nitrogens with zero attached hydrogens (tertiary/aromatic N) is 4. The molecular formula is C16H16FN5O2. The lowest BCUT2D eigenvalue weighted by Crippen LogP contribution is -2.39. The molecule has 7 nitrogen and oxygen atoms in total. The zero-order valence-electron chi connectivity index (χ0n) is 12.8. The first-order valence-electron chi connectivity index (χ1n) is 7.66. The van der Waals surface area contributed by atoms with Crippen molar-refractivity contribution >= 4 is 16.8 Å². The van der Waals surface area contributed by atoms with Crippen LogP contribution in [0.5, 0.6) is 0 Å². The van der Waals surface area contributed by atoms with Gasteiger partial charge >= 0.3 is 0 Å². The molecule has 0 radical (unpaired) electrons. The lowest BCUT2D eigenvalue weighted by molar-refractivity contribution is 0.0266. The minimum atomic E-state index is -1.03. The first-order valence-corrected chi connectivity index (χ1v) is 7.66. The van der Waals surface area contributed by atoms with Gasteiger partial charge in [-0.1, -0.05) is 5.21 Å². The maximum atomic E-state index is 13.3. The number of hydrogen-bond donors (Lipinski definition) is 2. The van der Waals surface area contributed by atoms with Gasteiger partial charge in [-0.25, -0.2) is 9.07 Å². The van der Waals surface area contributed by atoms with Crippen LogP contribution in [0.1, 0.15) is 16.9 Å². The molecule has 2 N–H and O–H groups in total. The molecule has 1 amide bonds. The van der Waals surface area contributed by atoms with Crippen LogP contribution in [0.15, 0.2) is 36.7 Å². The second-order valence-electron chi connectivity index (χ2n) is 6.22. The Morgan fingerprint density at radius 2 is 2.29 bits per heavy atom. The third kappa shape index (κ3) is 2.65. The Bertz CT molecular complexity index is 891. The summed E-state index contributed by atoms with van der Waals surface area (Å²) in [6.45, 7) is 0.956. The molecule has 1 saturated heterocycles. The van der Waals surface area contributed by atoms with Gasteiger partial charge in [-0.3, -0.25) is 4.79 Å². The Balaban J connectivity index is 1.52. The average molecular weight is 329 g/mol. The minimum absolute atomic E-state index is 0.207. The standard InChI is InChI=1S/C16H16FN5O2/c17-12-1-2-13-11(7-12)8-14(19-13)15(23)21-5-3-16(24,9-21)10-22-6-4-18-20-22/h1-2,4,6-8,19,24H,3,5,9-10H2. The molecule has 1 aliphatic rings. The number of aromatic amines is 1. The lowest BCUT2D eigenvalue weighted by atomic mass is 10.0. The number of aromatic nitrogens is 4. The molecule has 1 atom stereocenters. The van der Waals surface area contributed by atoms with Crippen LogP contribution in [-0.2, 0) is 6.54 Å². The molecule has 1 fully saturated rings. The van der Waals surface area contributed by atoms with Crippen molar-refractivity contribution in [3.05, 3.63) is 48.2 Å². The SMILES string of the molecule is O=C(c1cc2cc(F)ccc2[nH]1)N1CCC(O)(Cn2ccnn2)C1. The summed E-state index contributed by atoms with van der Waals surface area (Å²) in [5.41, 5.74) is 0.0685. The number of hydrogen-bond acceptors (Lipinski definition) is 4. The number of benzene rings is 1. The maximum Gasteiger partial charge on any atom is 0.270 e. The van der Waals surface area contributed by atoms with Gasteiger partial charge in [0, 0.05) is 23.6 Å². The summed E-state index contributed by atoms with van der Waals surface area (Å²) in [5.74, 6) is -0.551. The smallest absolute Gasteiger partial charge is 0.270 e. The van der Waals surface area contributed by atoms with Crippen LogP contribution in [0.25, 0.3) is 10.9 Å². The summed E-state index contributed by atoms with van der Waals surface area (Å²) in [7, 11) is 0. The molecule has 3 heterocycles. The van der Waals surface area contributed by atoms with E-state index in [9.17, 15) is 14.3 Å². The Kier molecular flexibility index (Phi) is 3.34. The molecule has 3 aromatic rings. The number of amides is 1. The Labute approximate surface area is 136 Å². The zero-order chi connectivity index (χ0) is 16.7. The second kappa shape index (κ2) is 5.41. The van der Waals surface area contributed by atoms with Crippen molar-refractivity contribution in [3.8, 4) is 0 Å². The molecule has 0 saturated carbocycles. The number of H-pyrrole nitrogens is 1. The first kappa shape index (κ1) is 14.8. The number of nitrogens with one attached hydrogen (secondary N) is 1. The summed E-state index contributed by atoms with van der Waals surface area (Å²) < 4.78 is 14.8. The third-order valence-electron chi connectivity index (χ3n) is 4.36. The molecule has 1 aliphatic heterocycles. The van der Waals surface area contributed by atoms with Crippen molar-refractivity contribution in [1.29, 1.82) is 0 Å². The highest BCUT2D eigenvalue weighted by molar-refractivity contribution is 5.98. The van der Waals surface area contributed by atoms with Gasteiger partial charge in [0.25, 0.3) is 5.91 Å². The number of fused-ring (bicyclic) bond motifs is 1. The highest BCUT2D eigenvalue weighted by atomic mass is 19.1. The molecule has 24 heavy (non-hydrogen) atoms. The van der Waals surface area contributed by atoms with Crippen LogP contribution in [0.3, 0.4) is 0 Å². The fourth-order valence-electron chi connectivity index (χ4n) is 3.17. The van der Waals surface area contributed by atoms with Crippen molar-refractivity contribution in [1.82, 2.24) is 24.9 Å². The van der Waals surface area contributed by atoms with Crippen LogP contribution < -0.4 is 0 Å². The van der Waals surface area contributed by atoms with Crippen LogP contribution in [0.2, 0.25) is 0 Å². The molecule has 0 aliphatic carbocycles. The van der Waals surface area contributed by atoms with Crippen molar-refractivity contribution in [3.63, 3.8) is 0 Å². The summed E-state index contributed by atoms with van der Waals surface area (Å²) in [6.07, 6.45) is 3.69. The van der Waals surface area contributed by atoms with E-state index in [0.717, 1.165) is 0 Å². The Hall–Kier alpha value is -2.74. The number of aliphatic hydroxyl groups is 1. The molecule has 124 valence electrons. The van der Waals surface area contributed by atoms with E-state index in [0.29, 0.717) is 29.6 Å². The van der Waals surface area contributed by atoms with Gasteiger partial charge < -0.3 is 15.0 Å². The van der Waals surface area contributed by atoms with Crippen molar-refractivity contribution in [2.24, 2.45) is 0 Å². The lowest BCUT2D eigenvalue weighted by Gasteiger charge is -2.22. The normalized spacial score (nSPS) is 20.8. The monoisotopic (exact) mass is 329 g/mol. The predicted molar refractivity (Wildman–Crippen MR) is 83.7 cm³/mol. The van der Waals surface area contributed by atoms with Crippen LogP contribution in [0.4, 0.5) is 4.39 Å². The summed E-state index contributed by atoms with van der Waals surface area (Å²) in [4.78, 5) is 17.2. The molecular weight excluding hydrogens is 313 g/mol. The van der Waals surface area contributed by atoms with E-state index in [1.807, 2.05) is 0 Å². The second-order valence-corrected chi connectivity index (χ2v) is 6.22. The Morgan fingerprint density at radius 3 is 3.08 bits per heavy atom. The van der Waals surface area contributed by atoms with Gasteiger partial charge in [0.2, 0.25) is 0 Å². The van der Waals surface area contributed by atoms with Gasteiger partial charge in [-0.2, -0.15) is 0 Å². The van der Waals surface area contributed by atoms with Gasteiger partial charge in [0.05, 0.1) is 19.3 Å².